The first-order valence-electron chi connectivity index (χ1n) is 7.32. The molecule has 0 amide bonds. The number of hydrogen-bond acceptors (Lipinski definition) is 3. The first kappa shape index (κ1) is 15.5. The van der Waals surface area contributed by atoms with Crippen LogP contribution >= 0.6 is 0 Å². The summed E-state index contributed by atoms with van der Waals surface area (Å²) in [5, 5.41) is 0. The van der Waals surface area contributed by atoms with E-state index in [1.165, 1.54) is 19.3 Å². The first-order valence-corrected chi connectivity index (χ1v) is 8.80. The summed E-state index contributed by atoms with van der Waals surface area (Å²) in [5.41, 5.74) is 7.51. The normalized spacial score (nSPS) is 17.3. The maximum atomic E-state index is 12.3. The molecule has 0 aromatic heterocycles. The van der Waals surface area contributed by atoms with Gasteiger partial charge in [-0.25, -0.2) is 13.1 Å². The lowest BCUT2D eigenvalue weighted by Crippen LogP contribution is -2.30. The van der Waals surface area contributed by atoms with E-state index < -0.39 is 10.0 Å². The van der Waals surface area contributed by atoms with E-state index in [4.69, 9.17) is 5.73 Å². The Morgan fingerprint density at radius 1 is 1.25 bits per heavy atom. The molecule has 0 atom stereocenters. The average molecular weight is 296 g/mol. The van der Waals surface area contributed by atoms with Gasteiger partial charge in [0.15, 0.2) is 0 Å². The van der Waals surface area contributed by atoms with E-state index in [1.807, 2.05) is 6.92 Å². The van der Waals surface area contributed by atoms with Crippen LogP contribution < -0.4 is 10.5 Å². The van der Waals surface area contributed by atoms with Gasteiger partial charge in [-0.1, -0.05) is 25.3 Å². The molecule has 0 saturated heterocycles. The molecule has 2 rings (SSSR count). The molecule has 0 spiro atoms. The van der Waals surface area contributed by atoms with Gasteiger partial charge in [0.1, 0.15) is 0 Å². The smallest absolute Gasteiger partial charge is 0.240 e. The predicted octanol–water partition coefficient (Wildman–Crippen LogP) is 2.31. The number of hydrogen-bond donors (Lipinski definition) is 2. The second kappa shape index (κ2) is 6.70. The van der Waals surface area contributed by atoms with Crippen LogP contribution in [0.2, 0.25) is 0 Å². The van der Waals surface area contributed by atoms with E-state index >= 15 is 0 Å². The highest BCUT2D eigenvalue weighted by Crippen LogP contribution is 2.23. The Kier molecular flexibility index (Phi) is 5.18. The van der Waals surface area contributed by atoms with Gasteiger partial charge in [0.05, 0.1) is 4.90 Å². The second-order valence-corrected chi connectivity index (χ2v) is 7.42. The minimum absolute atomic E-state index is 0.336. The molecular weight excluding hydrogens is 272 g/mol. The van der Waals surface area contributed by atoms with E-state index in [-0.39, 0.29) is 0 Å². The molecular formula is C15H24N2O2S. The molecule has 112 valence electrons. The molecule has 4 nitrogen and oxygen atoms in total. The standard InChI is InChI=1S/C15H24N2O2S/c1-12-9-15(8-7-14(12)10-16)20(18,19)17-11-13-5-3-2-4-6-13/h7-9,13,17H,2-6,10-11,16H2,1H3. The van der Waals surface area contributed by atoms with E-state index in [1.54, 1.807) is 18.2 Å². The van der Waals surface area contributed by atoms with Crippen LogP contribution in [0, 0.1) is 12.8 Å². The van der Waals surface area contributed by atoms with Gasteiger partial charge in [-0.3, -0.25) is 0 Å². The molecule has 1 aliphatic carbocycles. The summed E-state index contributed by atoms with van der Waals surface area (Å²) in [6.45, 7) is 2.88. The Morgan fingerprint density at radius 2 is 1.95 bits per heavy atom. The number of sulfonamides is 1. The third-order valence-electron chi connectivity index (χ3n) is 4.13. The van der Waals surface area contributed by atoms with Crippen molar-refractivity contribution in [2.45, 2.75) is 50.5 Å². The molecule has 3 N–H and O–H groups in total. The monoisotopic (exact) mass is 296 g/mol. The van der Waals surface area contributed by atoms with Gasteiger partial charge in [0.25, 0.3) is 0 Å². The molecule has 0 bridgehead atoms. The lowest BCUT2D eigenvalue weighted by molar-refractivity contribution is 0.357. The van der Waals surface area contributed by atoms with Crippen molar-refractivity contribution in [1.82, 2.24) is 4.72 Å². The zero-order chi connectivity index (χ0) is 14.6. The van der Waals surface area contributed by atoms with E-state index in [0.717, 1.165) is 24.0 Å². The van der Waals surface area contributed by atoms with E-state index in [9.17, 15) is 8.42 Å². The van der Waals surface area contributed by atoms with Crippen molar-refractivity contribution >= 4 is 10.0 Å². The van der Waals surface area contributed by atoms with Crippen LogP contribution in [0.5, 0.6) is 0 Å². The highest BCUT2D eigenvalue weighted by atomic mass is 32.2. The summed E-state index contributed by atoms with van der Waals surface area (Å²) in [6.07, 6.45) is 5.98. The fourth-order valence-electron chi connectivity index (χ4n) is 2.77. The Bertz CT molecular complexity index is 549. The van der Waals surface area contributed by atoms with Crippen LogP contribution in [-0.2, 0) is 16.6 Å². The second-order valence-electron chi connectivity index (χ2n) is 5.65. The van der Waals surface area contributed by atoms with E-state index in [2.05, 4.69) is 4.72 Å². The quantitative estimate of drug-likeness (QED) is 0.876. The van der Waals surface area contributed by atoms with Gasteiger partial charge in [-0.2, -0.15) is 0 Å². The molecule has 20 heavy (non-hydrogen) atoms. The summed E-state index contributed by atoms with van der Waals surface area (Å²) in [6, 6.07) is 5.13. The average Bonchev–Trinajstić information content (AvgIpc) is 2.46. The van der Waals surface area contributed by atoms with Gasteiger partial charge < -0.3 is 5.73 Å². The lowest BCUT2D eigenvalue weighted by Gasteiger charge is -2.21. The third kappa shape index (κ3) is 3.81. The highest BCUT2D eigenvalue weighted by molar-refractivity contribution is 7.89. The third-order valence-corrected chi connectivity index (χ3v) is 5.55. The van der Waals surface area contributed by atoms with Crippen LogP contribution in [0.25, 0.3) is 0 Å². The van der Waals surface area contributed by atoms with Crippen LogP contribution in [-0.4, -0.2) is 15.0 Å². The van der Waals surface area contributed by atoms with Crippen molar-refractivity contribution in [3.63, 3.8) is 0 Å². The van der Waals surface area contributed by atoms with Gasteiger partial charge in [-0.05, 0) is 48.9 Å². The zero-order valence-corrected chi connectivity index (χ0v) is 12.9. The minimum atomic E-state index is -3.40. The van der Waals surface area contributed by atoms with Crippen molar-refractivity contribution in [2.24, 2.45) is 11.7 Å². The Hall–Kier alpha value is -0.910. The molecule has 0 heterocycles. The van der Waals surface area contributed by atoms with Crippen molar-refractivity contribution in [1.29, 1.82) is 0 Å². The maximum Gasteiger partial charge on any atom is 0.240 e. The highest BCUT2D eigenvalue weighted by Gasteiger charge is 2.19. The molecule has 0 aliphatic heterocycles. The van der Waals surface area contributed by atoms with Gasteiger partial charge >= 0.3 is 0 Å². The summed E-state index contributed by atoms with van der Waals surface area (Å²) in [5.74, 6) is 0.489. The summed E-state index contributed by atoms with van der Waals surface area (Å²) in [4.78, 5) is 0.336. The summed E-state index contributed by atoms with van der Waals surface area (Å²) >= 11 is 0. The number of rotatable bonds is 5. The summed E-state index contributed by atoms with van der Waals surface area (Å²) < 4.78 is 27.3. The van der Waals surface area contributed by atoms with Crippen molar-refractivity contribution in [2.75, 3.05) is 6.54 Å². The number of nitrogens with one attached hydrogen (secondary N) is 1. The van der Waals surface area contributed by atoms with Crippen LogP contribution in [0.3, 0.4) is 0 Å². The Labute approximate surface area is 121 Å². The van der Waals surface area contributed by atoms with Gasteiger partial charge in [-0.15, -0.1) is 0 Å². The molecule has 0 unspecified atom stereocenters. The number of nitrogens with two attached hydrogens (primary N) is 1. The van der Waals surface area contributed by atoms with Crippen molar-refractivity contribution < 1.29 is 8.42 Å². The molecule has 1 aliphatic rings. The maximum absolute atomic E-state index is 12.3. The molecule has 1 fully saturated rings. The predicted molar refractivity (Wildman–Crippen MR) is 80.8 cm³/mol. The van der Waals surface area contributed by atoms with Crippen molar-refractivity contribution in [3.05, 3.63) is 29.3 Å². The number of benzene rings is 1. The van der Waals surface area contributed by atoms with Crippen LogP contribution in [0.1, 0.15) is 43.2 Å². The van der Waals surface area contributed by atoms with Crippen molar-refractivity contribution in [3.8, 4) is 0 Å². The lowest BCUT2D eigenvalue weighted by atomic mass is 9.90. The first-order chi connectivity index (χ1) is 9.53. The van der Waals surface area contributed by atoms with Crippen LogP contribution in [0.4, 0.5) is 0 Å². The Balaban J connectivity index is 2.04. The molecule has 1 aromatic rings. The van der Waals surface area contributed by atoms with Crippen LogP contribution in [0.15, 0.2) is 23.1 Å². The number of aryl methyl sites for hydroxylation is 1. The molecule has 5 heteroatoms. The Morgan fingerprint density at radius 3 is 2.55 bits per heavy atom. The summed E-state index contributed by atoms with van der Waals surface area (Å²) in [7, 11) is -3.40. The fraction of sp³-hybridized carbons (Fsp3) is 0.600. The van der Waals surface area contributed by atoms with E-state index in [0.29, 0.717) is 23.9 Å². The molecule has 1 aromatic carbocycles. The SMILES string of the molecule is Cc1cc(S(=O)(=O)NCC2CCCCC2)ccc1CN. The van der Waals surface area contributed by atoms with Gasteiger partial charge in [0.2, 0.25) is 10.0 Å². The molecule has 1 saturated carbocycles. The molecule has 0 radical (unpaired) electrons. The topological polar surface area (TPSA) is 72.2 Å². The van der Waals surface area contributed by atoms with Gasteiger partial charge in [0, 0.05) is 13.1 Å². The minimum Gasteiger partial charge on any atom is -0.326 e. The largest absolute Gasteiger partial charge is 0.326 e. The fourth-order valence-corrected chi connectivity index (χ4v) is 3.97. The zero-order valence-electron chi connectivity index (χ0n) is 12.1.